The van der Waals surface area contributed by atoms with Gasteiger partial charge in [-0.1, -0.05) is 6.08 Å². The molecule has 204 valence electrons. The molecule has 0 saturated carbocycles. The van der Waals surface area contributed by atoms with E-state index in [1.165, 1.54) is 0 Å². The molecule has 0 aliphatic carbocycles. The van der Waals surface area contributed by atoms with Gasteiger partial charge in [0, 0.05) is 0 Å². The molecule has 0 atom stereocenters. The monoisotopic (exact) mass is 496 g/mol. The first-order valence-electron chi connectivity index (χ1n) is 12.2. The van der Waals surface area contributed by atoms with E-state index in [1.807, 2.05) is 13.8 Å². The average molecular weight is 497 g/mol. The van der Waals surface area contributed by atoms with Gasteiger partial charge in [0.05, 0.1) is 132 Å². The highest BCUT2D eigenvalue weighted by atomic mass is 16.6. The molecule has 0 aliphatic rings. The summed E-state index contributed by atoms with van der Waals surface area (Å²) in [5, 5.41) is 0. The van der Waals surface area contributed by atoms with Crippen molar-refractivity contribution in [3.63, 3.8) is 0 Å². The molecule has 0 radical (unpaired) electrons. The van der Waals surface area contributed by atoms with Crippen molar-refractivity contribution < 1.29 is 47.4 Å². The van der Waals surface area contributed by atoms with Crippen molar-refractivity contribution in [3.05, 3.63) is 12.7 Å². The number of ether oxygens (including phenoxy) is 10. The summed E-state index contributed by atoms with van der Waals surface area (Å²) in [7, 11) is 0. The van der Waals surface area contributed by atoms with Gasteiger partial charge in [0.15, 0.2) is 0 Å². The molecule has 0 N–H and O–H groups in total. The predicted molar refractivity (Wildman–Crippen MR) is 129 cm³/mol. The molecule has 0 spiro atoms. The standard InChI is InChI=1S/C24H48O10/c1-4-5-25-6-7-26-8-9-27-10-11-28-12-13-29-14-15-30-16-17-31-18-19-32-20-21-33-22-23-34-24(2)3/h4,24H,1,5-23H2,2-3H3. The summed E-state index contributed by atoms with van der Waals surface area (Å²) in [4.78, 5) is 0. The minimum absolute atomic E-state index is 0.237. The van der Waals surface area contributed by atoms with Crippen LogP contribution in [0.5, 0.6) is 0 Å². The lowest BCUT2D eigenvalue weighted by Crippen LogP contribution is -2.15. The molecule has 10 nitrogen and oxygen atoms in total. The van der Waals surface area contributed by atoms with Gasteiger partial charge in [0.25, 0.3) is 0 Å². The van der Waals surface area contributed by atoms with E-state index in [1.54, 1.807) is 6.08 Å². The molecule has 0 amide bonds. The molecule has 10 heteroatoms. The van der Waals surface area contributed by atoms with Gasteiger partial charge < -0.3 is 47.4 Å². The zero-order chi connectivity index (χ0) is 24.8. The molecular formula is C24H48O10. The van der Waals surface area contributed by atoms with Crippen molar-refractivity contribution in [3.8, 4) is 0 Å². The molecular weight excluding hydrogens is 448 g/mol. The summed E-state index contributed by atoms with van der Waals surface area (Å²) < 4.78 is 53.9. The minimum Gasteiger partial charge on any atom is -0.377 e. The maximum atomic E-state index is 5.44. The molecule has 0 unspecified atom stereocenters. The second-order valence-corrected chi connectivity index (χ2v) is 7.18. The molecule has 0 aromatic heterocycles. The number of hydrogen-bond donors (Lipinski definition) is 0. The van der Waals surface area contributed by atoms with Crippen molar-refractivity contribution >= 4 is 0 Å². The van der Waals surface area contributed by atoms with E-state index in [2.05, 4.69) is 6.58 Å². The van der Waals surface area contributed by atoms with Crippen molar-refractivity contribution in [2.24, 2.45) is 0 Å². The van der Waals surface area contributed by atoms with Gasteiger partial charge in [0.1, 0.15) is 0 Å². The van der Waals surface area contributed by atoms with Gasteiger partial charge >= 0.3 is 0 Å². The smallest absolute Gasteiger partial charge is 0.0704 e. The SMILES string of the molecule is C=CCOCCOCCOCCOCCOCCOCCOCCOCCOCCOC(C)C. The maximum absolute atomic E-state index is 5.44. The molecule has 0 fully saturated rings. The van der Waals surface area contributed by atoms with Gasteiger partial charge in [-0.25, -0.2) is 0 Å². The van der Waals surface area contributed by atoms with Crippen LogP contribution in [0.4, 0.5) is 0 Å². The van der Waals surface area contributed by atoms with Crippen LogP contribution in [0.2, 0.25) is 0 Å². The Morgan fingerprint density at radius 2 is 0.647 bits per heavy atom. The Hall–Kier alpha value is -0.660. The lowest BCUT2D eigenvalue weighted by Gasteiger charge is -2.09. The van der Waals surface area contributed by atoms with E-state index in [-0.39, 0.29) is 6.10 Å². The van der Waals surface area contributed by atoms with Crippen molar-refractivity contribution in [1.29, 1.82) is 0 Å². The van der Waals surface area contributed by atoms with Crippen molar-refractivity contribution in [2.45, 2.75) is 20.0 Å². The van der Waals surface area contributed by atoms with Crippen LogP contribution in [0.3, 0.4) is 0 Å². The molecule has 0 aliphatic heterocycles. The average Bonchev–Trinajstić information content (AvgIpc) is 2.83. The van der Waals surface area contributed by atoms with Crippen LogP contribution >= 0.6 is 0 Å². The Balaban J connectivity index is 3.01. The highest BCUT2D eigenvalue weighted by Crippen LogP contribution is 1.88. The number of hydrogen-bond acceptors (Lipinski definition) is 10. The van der Waals surface area contributed by atoms with Gasteiger partial charge in [-0.3, -0.25) is 0 Å². The predicted octanol–water partition coefficient (Wildman–Crippen LogP) is 1.75. The van der Waals surface area contributed by atoms with Crippen molar-refractivity contribution in [2.75, 3.05) is 126 Å². The quantitative estimate of drug-likeness (QED) is 0.108. The van der Waals surface area contributed by atoms with Gasteiger partial charge in [-0.15, -0.1) is 6.58 Å². The van der Waals surface area contributed by atoms with Gasteiger partial charge in [0.2, 0.25) is 0 Å². The molecule has 0 rings (SSSR count). The zero-order valence-corrected chi connectivity index (χ0v) is 21.4. The Kier molecular flexibility index (Phi) is 29.8. The Morgan fingerprint density at radius 1 is 0.412 bits per heavy atom. The highest BCUT2D eigenvalue weighted by molar-refractivity contribution is 4.63. The van der Waals surface area contributed by atoms with Crippen LogP contribution < -0.4 is 0 Å². The van der Waals surface area contributed by atoms with Crippen LogP contribution in [-0.4, -0.2) is 132 Å². The summed E-state index contributed by atoms with van der Waals surface area (Å²) in [6.45, 7) is 18.0. The second-order valence-electron chi connectivity index (χ2n) is 7.18. The Bertz CT molecular complexity index is 385. The first kappa shape index (κ1) is 33.3. The summed E-state index contributed by atoms with van der Waals surface area (Å²) >= 11 is 0. The van der Waals surface area contributed by atoms with Crippen LogP contribution in [0, 0.1) is 0 Å². The highest BCUT2D eigenvalue weighted by Gasteiger charge is 1.96. The second kappa shape index (κ2) is 30.4. The van der Waals surface area contributed by atoms with E-state index in [0.29, 0.717) is 126 Å². The fourth-order valence-corrected chi connectivity index (χ4v) is 2.27. The van der Waals surface area contributed by atoms with Crippen LogP contribution in [0.15, 0.2) is 12.7 Å². The maximum Gasteiger partial charge on any atom is 0.0704 e. The third kappa shape index (κ3) is 31.3. The number of rotatable bonds is 30. The Labute approximate surface area is 206 Å². The summed E-state index contributed by atoms with van der Waals surface area (Å²) in [5.74, 6) is 0. The van der Waals surface area contributed by atoms with Gasteiger partial charge in [-0.2, -0.15) is 0 Å². The fourth-order valence-electron chi connectivity index (χ4n) is 2.27. The van der Waals surface area contributed by atoms with Crippen LogP contribution in [0.1, 0.15) is 13.8 Å². The van der Waals surface area contributed by atoms with E-state index < -0.39 is 0 Å². The normalized spacial score (nSPS) is 11.5. The lowest BCUT2D eigenvalue weighted by molar-refractivity contribution is -0.0276. The van der Waals surface area contributed by atoms with E-state index in [0.717, 1.165) is 0 Å². The minimum atomic E-state index is 0.237. The molecule has 34 heavy (non-hydrogen) atoms. The molecule has 0 bridgehead atoms. The summed E-state index contributed by atoms with van der Waals surface area (Å²) in [6.07, 6.45) is 1.95. The first-order chi connectivity index (χ1) is 16.8. The molecule has 0 heterocycles. The molecule has 0 saturated heterocycles. The van der Waals surface area contributed by atoms with E-state index >= 15 is 0 Å². The van der Waals surface area contributed by atoms with E-state index in [9.17, 15) is 0 Å². The summed E-state index contributed by atoms with van der Waals surface area (Å²) in [6, 6.07) is 0. The van der Waals surface area contributed by atoms with Crippen LogP contribution in [0.25, 0.3) is 0 Å². The zero-order valence-electron chi connectivity index (χ0n) is 21.4. The topological polar surface area (TPSA) is 92.3 Å². The van der Waals surface area contributed by atoms with Gasteiger partial charge in [-0.05, 0) is 13.8 Å². The fraction of sp³-hybridized carbons (Fsp3) is 0.917. The third-order valence-corrected chi connectivity index (χ3v) is 3.89. The van der Waals surface area contributed by atoms with Crippen LogP contribution in [-0.2, 0) is 47.4 Å². The summed E-state index contributed by atoms with van der Waals surface area (Å²) in [5.41, 5.74) is 0. The largest absolute Gasteiger partial charge is 0.377 e. The molecule has 0 aromatic rings. The third-order valence-electron chi connectivity index (χ3n) is 3.89. The van der Waals surface area contributed by atoms with E-state index in [4.69, 9.17) is 47.4 Å². The first-order valence-corrected chi connectivity index (χ1v) is 12.2. The Morgan fingerprint density at radius 3 is 0.882 bits per heavy atom. The molecule has 0 aromatic carbocycles. The lowest BCUT2D eigenvalue weighted by atomic mass is 10.5. The van der Waals surface area contributed by atoms with Crippen molar-refractivity contribution in [1.82, 2.24) is 0 Å².